The Balaban J connectivity index is 0.00000192. The molecule has 0 aromatic heterocycles. The van der Waals surface area contributed by atoms with Gasteiger partial charge in [0.25, 0.3) is 5.91 Å². The summed E-state index contributed by atoms with van der Waals surface area (Å²) >= 11 is 0. The summed E-state index contributed by atoms with van der Waals surface area (Å²) in [5.41, 5.74) is 3.75. The van der Waals surface area contributed by atoms with Crippen molar-refractivity contribution in [1.29, 1.82) is 0 Å². The average molecular weight is 333 g/mol. The summed E-state index contributed by atoms with van der Waals surface area (Å²) in [4.78, 5) is 12.3. The number of benzene rings is 2. The van der Waals surface area contributed by atoms with Crippen LogP contribution in [0, 0.1) is 0 Å². The second-order valence-electron chi connectivity index (χ2n) is 5.35. The Morgan fingerprint density at radius 2 is 2.00 bits per heavy atom. The van der Waals surface area contributed by atoms with E-state index in [0.717, 1.165) is 36.5 Å². The van der Waals surface area contributed by atoms with Gasteiger partial charge in [-0.3, -0.25) is 4.79 Å². The first-order chi connectivity index (χ1) is 10.8. The van der Waals surface area contributed by atoms with Gasteiger partial charge in [0.05, 0.1) is 0 Å². The molecule has 0 aliphatic carbocycles. The van der Waals surface area contributed by atoms with Crippen LogP contribution in [0.15, 0.2) is 42.5 Å². The lowest BCUT2D eigenvalue weighted by Gasteiger charge is -2.10. The van der Waals surface area contributed by atoms with Gasteiger partial charge in [0, 0.05) is 29.9 Å². The minimum Gasteiger partial charge on any atom is -0.492 e. The third kappa shape index (κ3) is 4.24. The van der Waals surface area contributed by atoms with E-state index in [1.54, 1.807) is 0 Å². The number of amides is 1. The molecule has 2 N–H and O–H groups in total. The molecule has 0 radical (unpaired) electrons. The molecule has 2 aromatic rings. The molecule has 0 atom stereocenters. The smallest absolute Gasteiger partial charge is 0.255 e. The number of anilines is 1. The Kier molecular flexibility index (Phi) is 6.02. The molecule has 1 aliphatic heterocycles. The third-order valence-corrected chi connectivity index (χ3v) is 3.79. The molecule has 0 saturated carbocycles. The zero-order valence-electron chi connectivity index (χ0n) is 13.1. The van der Waals surface area contributed by atoms with Crippen LogP contribution in [0.4, 0.5) is 5.69 Å². The van der Waals surface area contributed by atoms with Crippen molar-refractivity contribution in [3.8, 4) is 5.75 Å². The first-order valence-electron chi connectivity index (χ1n) is 7.63. The largest absolute Gasteiger partial charge is 0.492 e. The van der Waals surface area contributed by atoms with Gasteiger partial charge in [-0.05, 0) is 42.3 Å². The fourth-order valence-electron chi connectivity index (χ4n) is 2.49. The van der Waals surface area contributed by atoms with Crippen molar-refractivity contribution in [3.05, 3.63) is 59.2 Å². The number of ether oxygens (including phenoxy) is 1. The lowest BCUT2D eigenvalue weighted by Crippen LogP contribution is -2.16. The van der Waals surface area contributed by atoms with E-state index in [9.17, 15) is 4.79 Å². The molecule has 5 heteroatoms. The number of aryl methyl sites for hydroxylation is 1. The Bertz CT molecular complexity index is 671. The van der Waals surface area contributed by atoms with E-state index in [0.29, 0.717) is 12.2 Å². The normalized spacial score (nSPS) is 13.1. The number of halogens is 1. The Morgan fingerprint density at radius 1 is 1.22 bits per heavy atom. The summed E-state index contributed by atoms with van der Waals surface area (Å²) in [7, 11) is 0. The van der Waals surface area contributed by atoms with E-state index in [-0.39, 0.29) is 18.3 Å². The first kappa shape index (κ1) is 17.3. The highest BCUT2D eigenvalue weighted by atomic mass is 35.5. The van der Waals surface area contributed by atoms with Gasteiger partial charge < -0.3 is 15.4 Å². The monoisotopic (exact) mass is 332 g/mol. The maximum Gasteiger partial charge on any atom is 0.255 e. The van der Waals surface area contributed by atoms with Crippen LogP contribution in [0.5, 0.6) is 5.75 Å². The predicted octanol–water partition coefficient (Wildman–Crippen LogP) is 3.41. The predicted molar refractivity (Wildman–Crippen MR) is 94.7 cm³/mol. The summed E-state index contributed by atoms with van der Waals surface area (Å²) in [6.45, 7) is 4.35. The second kappa shape index (κ2) is 7.99. The van der Waals surface area contributed by atoms with Crippen LogP contribution >= 0.6 is 12.4 Å². The van der Waals surface area contributed by atoms with E-state index in [1.807, 2.05) is 42.5 Å². The van der Waals surface area contributed by atoms with Gasteiger partial charge in [-0.1, -0.05) is 19.1 Å². The van der Waals surface area contributed by atoms with Crippen LogP contribution in [-0.4, -0.2) is 19.1 Å². The van der Waals surface area contributed by atoms with Crippen LogP contribution < -0.4 is 15.4 Å². The summed E-state index contributed by atoms with van der Waals surface area (Å²) in [6, 6.07) is 13.5. The maximum absolute atomic E-state index is 12.3. The number of hydrogen-bond acceptors (Lipinski definition) is 3. The molecule has 1 heterocycles. The zero-order chi connectivity index (χ0) is 15.4. The second-order valence-corrected chi connectivity index (χ2v) is 5.35. The van der Waals surface area contributed by atoms with Crippen LogP contribution in [-0.2, 0) is 13.0 Å². The van der Waals surface area contributed by atoms with Crippen molar-refractivity contribution >= 4 is 24.0 Å². The van der Waals surface area contributed by atoms with Gasteiger partial charge in [-0.15, -0.1) is 12.4 Å². The van der Waals surface area contributed by atoms with Crippen LogP contribution in [0.25, 0.3) is 0 Å². The quantitative estimate of drug-likeness (QED) is 0.905. The minimum atomic E-state index is -0.0925. The number of rotatable bonds is 3. The summed E-state index contributed by atoms with van der Waals surface area (Å²) in [5, 5.41) is 6.23. The molecule has 1 amide bonds. The van der Waals surface area contributed by atoms with Gasteiger partial charge in [0.2, 0.25) is 0 Å². The van der Waals surface area contributed by atoms with Crippen molar-refractivity contribution in [3.63, 3.8) is 0 Å². The molecule has 2 aromatic carbocycles. The zero-order valence-corrected chi connectivity index (χ0v) is 13.9. The van der Waals surface area contributed by atoms with Gasteiger partial charge in [-0.2, -0.15) is 0 Å². The van der Waals surface area contributed by atoms with E-state index in [2.05, 4.69) is 17.6 Å². The van der Waals surface area contributed by atoms with E-state index in [1.165, 1.54) is 5.56 Å². The average Bonchev–Trinajstić information content (AvgIpc) is 2.79. The Labute approximate surface area is 142 Å². The molecule has 0 spiro atoms. The molecule has 0 bridgehead atoms. The molecule has 23 heavy (non-hydrogen) atoms. The molecule has 3 rings (SSSR count). The number of carbonyl (C=O) groups excluding carboxylic acids is 1. The molecule has 0 fully saturated rings. The van der Waals surface area contributed by atoms with Crippen molar-refractivity contribution in [2.24, 2.45) is 0 Å². The highest BCUT2D eigenvalue weighted by Crippen LogP contribution is 2.24. The van der Waals surface area contributed by atoms with Crippen LogP contribution in [0.3, 0.4) is 0 Å². The van der Waals surface area contributed by atoms with Gasteiger partial charge in [0.15, 0.2) is 0 Å². The van der Waals surface area contributed by atoms with Crippen molar-refractivity contribution in [1.82, 2.24) is 5.32 Å². The molecular formula is C18H21ClN2O2. The fraction of sp³-hybridized carbons (Fsp3) is 0.278. The van der Waals surface area contributed by atoms with Crippen molar-refractivity contribution < 1.29 is 9.53 Å². The standard InChI is InChI=1S/C18H20N2O2.ClH/c1-2-13-3-5-14(6-4-13)18(21)20-16-7-8-17-15(11-16)12-19-9-10-22-17;/h3-8,11,19H,2,9-10,12H2,1H3,(H,20,21);1H. The van der Waals surface area contributed by atoms with Crippen molar-refractivity contribution in [2.45, 2.75) is 19.9 Å². The SMILES string of the molecule is CCc1ccc(C(=O)Nc2ccc3c(c2)CNCCO3)cc1.Cl. The minimum absolute atomic E-state index is 0. The van der Waals surface area contributed by atoms with E-state index in [4.69, 9.17) is 4.74 Å². The topological polar surface area (TPSA) is 50.4 Å². The highest BCUT2D eigenvalue weighted by Gasteiger charge is 2.11. The molecule has 0 unspecified atom stereocenters. The lowest BCUT2D eigenvalue weighted by atomic mass is 10.1. The van der Waals surface area contributed by atoms with Crippen molar-refractivity contribution in [2.75, 3.05) is 18.5 Å². The number of fused-ring (bicyclic) bond motifs is 1. The molecule has 122 valence electrons. The van der Waals surface area contributed by atoms with Crippen LogP contribution in [0.1, 0.15) is 28.4 Å². The molecule has 0 saturated heterocycles. The van der Waals surface area contributed by atoms with Gasteiger partial charge in [-0.25, -0.2) is 0 Å². The Hall–Kier alpha value is -2.04. The van der Waals surface area contributed by atoms with Gasteiger partial charge >= 0.3 is 0 Å². The van der Waals surface area contributed by atoms with E-state index >= 15 is 0 Å². The summed E-state index contributed by atoms with van der Waals surface area (Å²) in [5.74, 6) is 0.792. The van der Waals surface area contributed by atoms with Crippen LogP contribution in [0.2, 0.25) is 0 Å². The number of nitrogens with one attached hydrogen (secondary N) is 2. The lowest BCUT2D eigenvalue weighted by molar-refractivity contribution is 0.102. The van der Waals surface area contributed by atoms with E-state index < -0.39 is 0 Å². The summed E-state index contributed by atoms with van der Waals surface area (Å²) in [6.07, 6.45) is 0.972. The third-order valence-electron chi connectivity index (χ3n) is 3.79. The molecule has 4 nitrogen and oxygen atoms in total. The maximum atomic E-state index is 12.3. The first-order valence-corrected chi connectivity index (χ1v) is 7.63. The number of hydrogen-bond donors (Lipinski definition) is 2. The van der Waals surface area contributed by atoms with Gasteiger partial charge in [0.1, 0.15) is 12.4 Å². The summed E-state index contributed by atoms with van der Waals surface area (Å²) < 4.78 is 5.64. The molecule has 1 aliphatic rings. The highest BCUT2D eigenvalue weighted by molar-refractivity contribution is 6.04. The Morgan fingerprint density at radius 3 is 2.74 bits per heavy atom. The fourth-order valence-corrected chi connectivity index (χ4v) is 2.49. The molecular weight excluding hydrogens is 312 g/mol. The number of carbonyl (C=O) groups is 1.